The van der Waals surface area contributed by atoms with Crippen molar-refractivity contribution in [2.24, 2.45) is 0 Å². The average Bonchev–Trinajstić information content (AvgIpc) is 2.79. The van der Waals surface area contributed by atoms with Crippen molar-refractivity contribution in [3.05, 3.63) is 30.4 Å². The number of rotatable bonds is 2. The van der Waals surface area contributed by atoms with Gasteiger partial charge < -0.3 is 4.90 Å². The zero-order valence-electron chi connectivity index (χ0n) is 9.53. The molecule has 0 aliphatic carbocycles. The van der Waals surface area contributed by atoms with Gasteiger partial charge >= 0.3 is 0 Å². The molecule has 0 bridgehead atoms. The third kappa shape index (κ3) is 1.83. The Balaban J connectivity index is 2.41. The Hall–Kier alpha value is -2.42. The van der Waals surface area contributed by atoms with E-state index in [9.17, 15) is 4.79 Å². The molecule has 2 aromatic rings. The number of nitriles is 1. The standard InChI is InChI=1S/C11H11N5O/c1-8(5-12)15(2)11(17)9-6-14-16-4-3-13-7-10(9)16/h3-4,6-8H,1-2H3. The Morgan fingerprint density at radius 3 is 3.06 bits per heavy atom. The summed E-state index contributed by atoms with van der Waals surface area (Å²) in [4.78, 5) is 17.4. The van der Waals surface area contributed by atoms with Gasteiger partial charge in [-0.05, 0) is 6.92 Å². The van der Waals surface area contributed by atoms with E-state index in [-0.39, 0.29) is 5.91 Å². The molecule has 0 aliphatic heterocycles. The van der Waals surface area contributed by atoms with Gasteiger partial charge in [0.05, 0.1) is 29.5 Å². The first kappa shape index (κ1) is 11.1. The van der Waals surface area contributed by atoms with Crippen molar-refractivity contribution in [1.82, 2.24) is 19.5 Å². The second-order valence-electron chi connectivity index (χ2n) is 3.69. The molecule has 1 amide bonds. The molecule has 2 aromatic heterocycles. The van der Waals surface area contributed by atoms with Crippen molar-refractivity contribution >= 4 is 11.4 Å². The molecular weight excluding hydrogens is 218 g/mol. The van der Waals surface area contributed by atoms with E-state index in [1.54, 1.807) is 37.1 Å². The predicted molar refractivity (Wildman–Crippen MR) is 60.2 cm³/mol. The van der Waals surface area contributed by atoms with Crippen LogP contribution >= 0.6 is 0 Å². The first-order chi connectivity index (χ1) is 8.15. The lowest BCUT2D eigenvalue weighted by Gasteiger charge is -2.18. The summed E-state index contributed by atoms with van der Waals surface area (Å²) in [7, 11) is 1.59. The fraction of sp³-hybridized carbons (Fsp3) is 0.273. The van der Waals surface area contributed by atoms with E-state index in [2.05, 4.69) is 10.1 Å². The third-order valence-corrected chi connectivity index (χ3v) is 2.64. The number of hydrogen-bond acceptors (Lipinski definition) is 4. The summed E-state index contributed by atoms with van der Waals surface area (Å²) in [5.74, 6) is -0.234. The molecule has 2 heterocycles. The van der Waals surface area contributed by atoms with Crippen LogP contribution in [0.3, 0.4) is 0 Å². The fourth-order valence-electron chi connectivity index (χ4n) is 1.45. The van der Waals surface area contributed by atoms with Crippen LogP contribution in [0.5, 0.6) is 0 Å². The predicted octanol–water partition coefficient (Wildman–Crippen LogP) is 0.713. The fourth-order valence-corrected chi connectivity index (χ4v) is 1.45. The highest BCUT2D eigenvalue weighted by atomic mass is 16.2. The average molecular weight is 229 g/mol. The molecule has 0 saturated heterocycles. The molecule has 1 atom stereocenters. The summed E-state index contributed by atoms with van der Waals surface area (Å²) in [5.41, 5.74) is 1.08. The van der Waals surface area contributed by atoms with E-state index in [1.807, 2.05) is 6.07 Å². The summed E-state index contributed by atoms with van der Waals surface area (Å²) in [6.45, 7) is 1.67. The topological polar surface area (TPSA) is 74.3 Å². The van der Waals surface area contributed by atoms with Crippen LogP contribution in [0.4, 0.5) is 0 Å². The second-order valence-corrected chi connectivity index (χ2v) is 3.69. The van der Waals surface area contributed by atoms with Crippen molar-refractivity contribution in [2.75, 3.05) is 7.05 Å². The van der Waals surface area contributed by atoms with Gasteiger partial charge in [-0.2, -0.15) is 10.4 Å². The lowest BCUT2D eigenvalue weighted by atomic mass is 10.2. The summed E-state index contributed by atoms with van der Waals surface area (Å²) in [6.07, 6.45) is 6.32. The van der Waals surface area contributed by atoms with Crippen LogP contribution in [0.2, 0.25) is 0 Å². The minimum absolute atomic E-state index is 0.234. The number of fused-ring (bicyclic) bond motifs is 1. The highest BCUT2D eigenvalue weighted by Crippen LogP contribution is 2.12. The lowest BCUT2D eigenvalue weighted by Crippen LogP contribution is -2.33. The van der Waals surface area contributed by atoms with Crippen LogP contribution in [-0.2, 0) is 0 Å². The Morgan fingerprint density at radius 2 is 2.35 bits per heavy atom. The maximum Gasteiger partial charge on any atom is 0.258 e. The molecule has 0 radical (unpaired) electrons. The van der Waals surface area contributed by atoms with Crippen LogP contribution < -0.4 is 0 Å². The van der Waals surface area contributed by atoms with E-state index in [0.29, 0.717) is 11.1 Å². The Labute approximate surface area is 98.1 Å². The van der Waals surface area contributed by atoms with E-state index in [0.717, 1.165) is 0 Å². The second kappa shape index (κ2) is 4.22. The summed E-state index contributed by atoms with van der Waals surface area (Å²) in [5, 5.41) is 12.8. The molecule has 0 spiro atoms. The molecule has 86 valence electrons. The lowest BCUT2D eigenvalue weighted by molar-refractivity contribution is 0.0775. The van der Waals surface area contributed by atoms with Crippen LogP contribution in [0.25, 0.3) is 5.52 Å². The van der Waals surface area contributed by atoms with Crippen LogP contribution in [0.1, 0.15) is 17.3 Å². The number of hydrogen-bond donors (Lipinski definition) is 0. The van der Waals surface area contributed by atoms with Gasteiger partial charge in [0.15, 0.2) is 0 Å². The van der Waals surface area contributed by atoms with Crippen molar-refractivity contribution in [3.63, 3.8) is 0 Å². The summed E-state index contributed by atoms with van der Waals surface area (Å²) >= 11 is 0. The highest BCUT2D eigenvalue weighted by Gasteiger charge is 2.20. The van der Waals surface area contributed by atoms with E-state index >= 15 is 0 Å². The van der Waals surface area contributed by atoms with Crippen LogP contribution in [0.15, 0.2) is 24.8 Å². The maximum atomic E-state index is 12.1. The Morgan fingerprint density at radius 1 is 1.59 bits per heavy atom. The molecule has 0 aromatic carbocycles. The minimum atomic E-state index is -0.478. The summed E-state index contributed by atoms with van der Waals surface area (Å²) < 4.78 is 1.57. The third-order valence-electron chi connectivity index (χ3n) is 2.64. The van der Waals surface area contributed by atoms with E-state index in [4.69, 9.17) is 5.26 Å². The number of carbonyl (C=O) groups is 1. The maximum absolute atomic E-state index is 12.1. The number of amides is 1. The molecule has 0 aliphatic rings. The largest absolute Gasteiger partial charge is 0.326 e. The first-order valence-corrected chi connectivity index (χ1v) is 5.09. The van der Waals surface area contributed by atoms with Gasteiger partial charge in [-0.25, -0.2) is 4.52 Å². The van der Waals surface area contributed by atoms with Gasteiger partial charge in [0, 0.05) is 19.4 Å². The minimum Gasteiger partial charge on any atom is -0.326 e. The number of carbonyl (C=O) groups excluding carboxylic acids is 1. The van der Waals surface area contributed by atoms with Crippen molar-refractivity contribution < 1.29 is 4.79 Å². The normalized spacial score (nSPS) is 12.1. The molecule has 1 unspecified atom stereocenters. The number of aromatic nitrogens is 3. The molecule has 0 fully saturated rings. The van der Waals surface area contributed by atoms with E-state index < -0.39 is 6.04 Å². The highest BCUT2D eigenvalue weighted by molar-refractivity contribution is 6.00. The Bertz CT molecular complexity index is 597. The molecule has 2 rings (SSSR count). The van der Waals surface area contributed by atoms with Gasteiger partial charge in [-0.15, -0.1) is 0 Å². The molecule has 17 heavy (non-hydrogen) atoms. The quantitative estimate of drug-likeness (QED) is 0.760. The zero-order valence-corrected chi connectivity index (χ0v) is 9.53. The monoisotopic (exact) mass is 229 g/mol. The molecular formula is C11H11N5O. The first-order valence-electron chi connectivity index (χ1n) is 5.09. The van der Waals surface area contributed by atoms with Crippen LogP contribution in [-0.4, -0.2) is 38.5 Å². The van der Waals surface area contributed by atoms with Gasteiger partial charge in [0.25, 0.3) is 5.91 Å². The van der Waals surface area contributed by atoms with E-state index in [1.165, 1.54) is 11.1 Å². The Kier molecular flexibility index (Phi) is 2.75. The zero-order chi connectivity index (χ0) is 12.4. The smallest absolute Gasteiger partial charge is 0.258 e. The van der Waals surface area contributed by atoms with Gasteiger partial charge in [0.1, 0.15) is 6.04 Å². The molecule has 0 N–H and O–H groups in total. The SMILES string of the molecule is CC(C#N)N(C)C(=O)c1cnn2ccncc12. The van der Waals surface area contributed by atoms with Gasteiger partial charge in [-0.1, -0.05) is 0 Å². The summed E-state index contributed by atoms with van der Waals surface area (Å²) in [6, 6.07) is 1.54. The van der Waals surface area contributed by atoms with Gasteiger partial charge in [0.2, 0.25) is 0 Å². The number of nitrogens with zero attached hydrogens (tertiary/aromatic N) is 5. The van der Waals surface area contributed by atoms with Crippen LogP contribution in [0, 0.1) is 11.3 Å². The van der Waals surface area contributed by atoms with Crippen molar-refractivity contribution in [1.29, 1.82) is 5.26 Å². The molecule has 6 nitrogen and oxygen atoms in total. The molecule has 0 saturated carbocycles. The molecule has 6 heteroatoms. The van der Waals surface area contributed by atoms with Crippen molar-refractivity contribution in [2.45, 2.75) is 13.0 Å². The van der Waals surface area contributed by atoms with Gasteiger partial charge in [-0.3, -0.25) is 9.78 Å². The van der Waals surface area contributed by atoms with Crippen molar-refractivity contribution in [3.8, 4) is 6.07 Å².